The molecule has 0 amide bonds. The molecular weight excluding hydrogens is 388 g/mol. The standard InChI is InChI=1S/C27H32O2S/c1-4-7-9-20(6-3)25-16-12-22-19-24(29-30-18-8-5-2)15-17-26(22)27(25)21-10-13-23(28)14-11-21/h4,6-7,9-11,13-15,17,19,25,27-28H,1,5,8,12,16,18H2,2-3H3/b9-7-,20-6+. The molecule has 2 aromatic carbocycles. The van der Waals surface area contributed by atoms with Crippen LogP contribution in [0.4, 0.5) is 0 Å². The predicted molar refractivity (Wildman–Crippen MR) is 129 cm³/mol. The van der Waals surface area contributed by atoms with Crippen LogP contribution in [0.25, 0.3) is 0 Å². The average Bonchev–Trinajstić information content (AvgIpc) is 2.77. The second kappa shape index (κ2) is 11.1. The maximum absolute atomic E-state index is 9.79. The number of allylic oxidation sites excluding steroid dienone is 5. The summed E-state index contributed by atoms with van der Waals surface area (Å²) in [4.78, 5) is 0. The lowest BCUT2D eigenvalue weighted by molar-refractivity contribution is 0.467. The Hall–Kier alpha value is -2.39. The molecule has 2 aromatic rings. The van der Waals surface area contributed by atoms with Crippen molar-refractivity contribution >= 4 is 12.0 Å². The summed E-state index contributed by atoms with van der Waals surface area (Å²) in [5.74, 6) is 2.89. The van der Waals surface area contributed by atoms with Gasteiger partial charge in [0.25, 0.3) is 0 Å². The summed E-state index contributed by atoms with van der Waals surface area (Å²) in [6.07, 6.45) is 12.7. The number of phenols is 1. The van der Waals surface area contributed by atoms with Crippen LogP contribution in [0.5, 0.6) is 11.5 Å². The lowest BCUT2D eigenvalue weighted by Gasteiger charge is -2.35. The number of phenolic OH excluding ortho intramolecular Hbond substituents is 1. The van der Waals surface area contributed by atoms with Crippen LogP contribution >= 0.6 is 12.0 Å². The van der Waals surface area contributed by atoms with Crippen LogP contribution in [-0.4, -0.2) is 10.9 Å². The van der Waals surface area contributed by atoms with E-state index in [1.165, 1.54) is 35.1 Å². The summed E-state index contributed by atoms with van der Waals surface area (Å²) < 4.78 is 5.93. The van der Waals surface area contributed by atoms with Gasteiger partial charge in [0.2, 0.25) is 0 Å². The number of hydrogen-bond donors (Lipinski definition) is 1. The predicted octanol–water partition coefficient (Wildman–Crippen LogP) is 7.60. The highest BCUT2D eigenvalue weighted by Crippen LogP contribution is 2.45. The zero-order valence-corrected chi connectivity index (χ0v) is 18.8. The Morgan fingerprint density at radius 1 is 1.23 bits per heavy atom. The smallest absolute Gasteiger partial charge is 0.137 e. The van der Waals surface area contributed by atoms with Crippen LogP contribution < -0.4 is 4.18 Å². The van der Waals surface area contributed by atoms with Crippen LogP contribution in [0.1, 0.15) is 55.7 Å². The normalized spacial score (nSPS) is 18.9. The Morgan fingerprint density at radius 2 is 2.03 bits per heavy atom. The number of aromatic hydroxyl groups is 1. The van der Waals surface area contributed by atoms with Crippen LogP contribution in [0.2, 0.25) is 0 Å². The summed E-state index contributed by atoms with van der Waals surface area (Å²) in [7, 11) is 0. The van der Waals surface area contributed by atoms with Crippen molar-refractivity contribution in [1.29, 1.82) is 0 Å². The highest BCUT2D eigenvalue weighted by molar-refractivity contribution is 7.95. The number of rotatable bonds is 9. The maximum Gasteiger partial charge on any atom is 0.137 e. The molecule has 0 saturated carbocycles. The number of unbranched alkanes of at least 4 members (excludes halogenated alkanes) is 1. The zero-order chi connectivity index (χ0) is 21.3. The van der Waals surface area contributed by atoms with Crippen molar-refractivity contribution < 1.29 is 9.29 Å². The Balaban J connectivity index is 1.95. The quantitative estimate of drug-likeness (QED) is 0.257. The van der Waals surface area contributed by atoms with Crippen molar-refractivity contribution in [2.24, 2.45) is 5.92 Å². The first-order chi connectivity index (χ1) is 14.7. The van der Waals surface area contributed by atoms with Gasteiger partial charge in [-0.15, -0.1) is 0 Å². The molecule has 0 aliphatic heterocycles. The van der Waals surface area contributed by atoms with E-state index in [-0.39, 0.29) is 5.92 Å². The Kier molecular flexibility index (Phi) is 8.27. The first kappa shape index (κ1) is 22.3. The first-order valence-corrected chi connectivity index (χ1v) is 11.8. The Bertz CT molecular complexity index is 896. The third kappa shape index (κ3) is 5.40. The molecule has 0 aromatic heterocycles. The molecule has 3 heteroatoms. The summed E-state index contributed by atoms with van der Waals surface area (Å²) in [6.45, 7) is 8.13. The van der Waals surface area contributed by atoms with E-state index in [2.05, 4.69) is 62.9 Å². The maximum atomic E-state index is 9.79. The minimum atomic E-state index is 0.247. The lowest BCUT2D eigenvalue weighted by Crippen LogP contribution is -2.23. The van der Waals surface area contributed by atoms with E-state index in [9.17, 15) is 5.11 Å². The fourth-order valence-electron chi connectivity index (χ4n) is 4.23. The van der Waals surface area contributed by atoms with E-state index in [1.54, 1.807) is 24.2 Å². The highest BCUT2D eigenvalue weighted by Gasteiger charge is 2.32. The number of hydrogen-bond acceptors (Lipinski definition) is 3. The lowest BCUT2D eigenvalue weighted by atomic mass is 9.69. The second-order valence-corrected chi connectivity index (χ2v) is 8.53. The van der Waals surface area contributed by atoms with Crippen molar-refractivity contribution in [2.45, 2.75) is 45.4 Å². The monoisotopic (exact) mass is 420 g/mol. The molecule has 0 heterocycles. The van der Waals surface area contributed by atoms with Gasteiger partial charge in [-0.1, -0.05) is 62.4 Å². The molecule has 1 N–H and O–H groups in total. The minimum absolute atomic E-state index is 0.247. The van der Waals surface area contributed by atoms with E-state index in [0.29, 0.717) is 11.7 Å². The van der Waals surface area contributed by atoms with Gasteiger partial charge in [-0.2, -0.15) is 0 Å². The number of fused-ring (bicyclic) bond motifs is 1. The van der Waals surface area contributed by atoms with Crippen LogP contribution in [0.3, 0.4) is 0 Å². The van der Waals surface area contributed by atoms with E-state index in [4.69, 9.17) is 4.18 Å². The molecule has 1 aliphatic rings. The van der Waals surface area contributed by atoms with E-state index in [1.807, 2.05) is 12.2 Å². The Labute approximate surface area is 185 Å². The fraction of sp³-hybridized carbons (Fsp3) is 0.333. The molecule has 0 fully saturated rings. The Morgan fingerprint density at radius 3 is 2.73 bits per heavy atom. The summed E-state index contributed by atoms with van der Waals surface area (Å²) in [6, 6.07) is 14.2. The minimum Gasteiger partial charge on any atom is -0.508 e. The third-order valence-corrected chi connectivity index (χ3v) is 6.52. The van der Waals surface area contributed by atoms with Gasteiger partial charge in [0.15, 0.2) is 0 Å². The van der Waals surface area contributed by atoms with E-state index >= 15 is 0 Å². The van der Waals surface area contributed by atoms with Gasteiger partial charge in [-0.25, -0.2) is 0 Å². The van der Waals surface area contributed by atoms with Crippen molar-refractivity contribution in [3.8, 4) is 11.5 Å². The number of benzene rings is 2. The van der Waals surface area contributed by atoms with Gasteiger partial charge < -0.3 is 9.29 Å². The summed E-state index contributed by atoms with van der Waals surface area (Å²) in [5.41, 5.74) is 5.28. The van der Waals surface area contributed by atoms with Gasteiger partial charge >= 0.3 is 0 Å². The topological polar surface area (TPSA) is 29.5 Å². The number of aryl methyl sites for hydroxylation is 1. The van der Waals surface area contributed by atoms with E-state index in [0.717, 1.165) is 24.3 Å². The molecule has 3 rings (SSSR count). The molecule has 0 radical (unpaired) electrons. The van der Waals surface area contributed by atoms with Gasteiger partial charge in [-0.3, -0.25) is 0 Å². The molecule has 158 valence electrons. The van der Waals surface area contributed by atoms with Crippen molar-refractivity contribution in [3.05, 3.63) is 95.6 Å². The van der Waals surface area contributed by atoms with Gasteiger partial charge in [0.1, 0.15) is 11.5 Å². The van der Waals surface area contributed by atoms with Crippen LogP contribution in [0.15, 0.2) is 78.9 Å². The van der Waals surface area contributed by atoms with Crippen LogP contribution in [0, 0.1) is 5.92 Å². The molecule has 0 bridgehead atoms. The average molecular weight is 421 g/mol. The van der Waals surface area contributed by atoms with Gasteiger partial charge in [0, 0.05) is 11.7 Å². The molecule has 0 spiro atoms. The van der Waals surface area contributed by atoms with Gasteiger partial charge in [-0.05, 0) is 78.6 Å². The van der Waals surface area contributed by atoms with Crippen molar-refractivity contribution in [2.75, 3.05) is 5.75 Å². The fourth-order valence-corrected chi connectivity index (χ4v) is 4.96. The molecular formula is C27H32O2S. The highest BCUT2D eigenvalue weighted by atomic mass is 32.2. The zero-order valence-electron chi connectivity index (χ0n) is 18.0. The third-order valence-electron chi connectivity index (χ3n) is 5.75. The molecule has 2 atom stereocenters. The molecule has 2 unspecified atom stereocenters. The second-order valence-electron chi connectivity index (χ2n) is 7.72. The molecule has 30 heavy (non-hydrogen) atoms. The largest absolute Gasteiger partial charge is 0.508 e. The summed E-state index contributed by atoms with van der Waals surface area (Å²) >= 11 is 1.54. The summed E-state index contributed by atoms with van der Waals surface area (Å²) in [5, 5.41) is 9.79. The van der Waals surface area contributed by atoms with Crippen LogP contribution in [-0.2, 0) is 6.42 Å². The molecule has 0 saturated heterocycles. The SMILES string of the molecule is C=C/C=C\C(=C/C)C1CCc2cc(OSCCCC)ccc2C1c1ccc(O)cc1. The van der Waals surface area contributed by atoms with Crippen molar-refractivity contribution in [3.63, 3.8) is 0 Å². The molecule has 2 nitrogen and oxygen atoms in total. The van der Waals surface area contributed by atoms with Gasteiger partial charge in [0.05, 0.1) is 12.0 Å². The first-order valence-electron chi connectivity index (χ1n) is 10.8. The molecule has 1 aliphatic carbocycles. The van der Waals surface area contributed by atoms with Crippen molar-refractivity contribution in [1.82, 2.24) is 0 Å². The van der Waals surface area contributed by atoms with E-state index < -0.39 is 0 Å².